The van der Waals surface area contributed by atoms with Gasteiger partial charge in [0.15, 0.2) is 0 Å². The van der Waals surface area contributed by atoms with E-state index >= 15 is 0 Å². The molecule has 7 nitrogen and oxygen atoms in total. The zero-order valence-electron chi connectivity index (χ0n) is 14.9. The molecular weight excluding hydrogens is 409 g/mol. The maximum absolute atomic E-state index is 13.0. The second kappa shape index (κ2) is 7.23. The summed E-state index contributed by atoms with van der Waals surface area (Å²) in [5, 5.41) is 7.86. The topological polar surface area (TPSA) is 89.2 Å². The van der Waals surface area contributed by atoms with E-state index in [0.29, 0.717) is 24.6 Å². The van der Waals surface area contributed by atoms with Crippen molar-refractivity contribution in [3.05, 3.63) is 60.1 Å². The van der Waals surface area contributed by atoms with Crippen molar-refractivity contribution in [2.75, 3.05) is 6.54 Å². The Morgan fingerprint density at radius 2 is 1.93 bits per heavy atom. The SMILES string of the molecule is O=S(=O)(c1cccc(C(F)(F)F)c1)N1CCC[C@H]1c1nnc(-c2ccccn2)o1. The average Bonchev–Trinajstić information content (AvgIpc) is 3.38. The van der Waals surface area contributed by atoms with Gasteiger partial charge in [-0.05, 0) is 43.2 Å². The van der Waals surface area contributed by atoms with Gasteiger partial charge in [0.25, 0.3) is 5.89 Å². The van der Waals surface area contributed by atoms with E-state index in [1.165, 1.54) is 0 Å². The van der Waals surface area contributed by atoms with Gasteiger partial charge in [0.2, 0.25) is 15.9 Å². The third kappa shape index (κ3) is 3.75. The van der Waals surface area contributed by atoms with Crippen LogP contribution in [0.25, 0.3) is 11.6 Å². The van der Waals surface area contributed by atoms with Gasteiger partial charge in [-0.15, -0.1) is 10.2 Å². The van der Waals surface area contributed by atoms with Gasteiger partial charge in [0, 0.05) is 12.7 Å². The lowest BCUT2D eigenvalue weighted by molar-refractivity contribution is -0.137. The van der Waals surface area contributed by atoms with E-state index in [2.05, 4.69) is 15.2 Å². The van der Waals surface area contributed by atoms with Crippen molar-refractivity contribution in [2.24, 2.45) is 0 Å². The molecule has 3 aromatic rings. The van der Waals surface area contributed by atoms with Crippen LogP contribution in [0.4, 0.5) is 13.2 Å². The Morgan fingerprint density at radius 1 is 1.10 bits per heavy atom. The van der Waals surface area contributed by atoms with Crippen LogP contribution in [0.2, 0.25) is 0 Å². The maximum atomic E-state index is 13.0. The first-order valence-corrected chi connectivity index (χ1v) is 10.1. The molecule has 0 spiro atoms. The number of halogens is 3. The minimum absolute atomic E-state index is 0.0821. The first-order valence-electron chi connectivity index (χ1n) is 8.71. The van der Waals surface area contributed by atoms with E-state index in [1.54, 1.807) is 24.4 Å². The molecule has 0 N–H and O–H groups in total. The number of nitrogens with zero attached hydrogens (tertiary/aromatic N) is 4. The summed E-state index contributed by atoms with van der Waals surface area (Å²) >= 11 is 0. The fourth-order valence-corrected chi connectivity index (χ4v) is 4.90. The summed E-state index contributed by atoms with van der Waals surface area (Å²) in [5.74, 6) is 0.225. The second-order valence-corrected chi connectivity index (χ2v) is 8.35. The van der Waals surface area contributed by atoms with Crippen molar-refractivity contribution in [3.8, 4) is 11.6 Å². The van der Waals surface area contributed by atoms with Crippen LogP contribution in [-0.2, 0) is 16.2 Å². The Balaban J connectivity index is 1.66. The molecule has 0 aliphatic carbocycles. The fourth-order valence-electron chi connectivity index (χ4n) is 3.20. The normalized spacial score (nSPS) is 18.2. The van der Waals surface area contributed by atoms with E-state index in [-0.39, 0.29) is 18.3 Å². The summed E-state index contributed by atoms with van der Waals surface area (Å²) in [5.41, 5.74) is -0.582. The Kier molecular flexibility index (Phi) is 4.87. The van der Waals surface area contributed by atoms with E-state index < -0.39 is 32.7 Å². The molecule has 3 heterocycles. The van der Waals surface area contributed by atoms with Crippen LogP contribution in [-0.4, -0.2) is 34.4 Å². The summed E-state index contributed by atoms with van der Waals surface area (Å²) < 4.78 is 71.8. The highest BCUT2D eigenvalue weighted by atomic mass is 32.2. The molecule has 29 heavy (non-hydrogen) atoms. The Labute approximate surface area is 164 Å². The van der Waals surface area contributed by atoms with Crippen LogP contribution < -0.4 is 0 Å². The number of hydrogen-bond acceptors (Lipinski definition) is 6. The Morgan fingerprint density at radius 3 is 2.66 bits per heavy atom. The lowest BCUT2D eigenvalue weighted by atomic mass is 10.2. The van der Waals surface area contributed by atoms with E-state index in [4.69, 9.17) is 4.42 Å². The van der Waals surface area contributed by atoms with Gasteiger partial charge in [-0.1, -0.05) is 12.1 Å². The quantitative estimate of drug-likeness (QED) is 0.635. The molecule has 152 valence electrons. The Bertz CT molecular complexity index is 1120. The van der Waals surface area contributed by atoms with E-state index in [1.807, 2.05) is 0 Å². The van der Waals surface area contributed by atoms with E-state index in [0.717, 1.165) is 22.5 Å². The fraction of sp³-hybridized carbons (Fsp3) is 0.278. The van der Waals surface area contributed by atoms with Gasteiger partial charge in [0.1, 0.15) is 11.7 Å². The summed E-state index contributed by atoms with van der Waals surface area (Å²) in [4.78, 5) is 3.68. The second-order valence-electron chi connectivity index (χ2n) is 6.46. The highest BCUT2D eigenvalue weighted by Crippen LogP contribution is 2.38. The van der Waals surface area contributed by atoms with E-state index in [9.17, 15) is 21.6 Å². The molecule has 1 atom stereocenters. The molecule has 1 fully saturated rings. The van der Waals surface area contributed by atoms with Crippen LogP contribution in [0, 0.1) is 0 Å². The largest absolute Gasteiger partial charge is 0.417 e. The molecule has 1 aromatic carbocycles. The van der Waals surface area contributed by atoms with Crippen molar-refractivity contribution in [3.63, 3.8) is 0 Å². The summed E-state index contributed by atoms with van der Waals surface area (Å²) in [6.45, 7) is 0.143. The molecule has 4 rings (SSSR count). The predicted molar refractivity (Wildman–Crippen MR) is 94.8 cm³/mol. The maximum Gasteiger partial charge on any atom is 0.416 e. The third-order valence-corrected chi connectivity index (χ3v) is 6.49. The molecule has 1 aliphatic heterocycles. The van der Waals surface area contributed by atoms with Crippen LogP contribution in [0.3, 0.4) is 0 Å². The molecular formula is C18H15F3N4O3S. The number of hydrogen-bond donors (Lipinski definition) is 0. The minimum Gasteiger partial charge on any atom is -0.417 e. The van der Waals surface area contributed by atoms with Gasteiger partial charge in [-0.25, -0.2) is 8.42 Å². The summed E-state index contributed by atoms with van der Waals surface area (Å²) in [6, 6.07) is 8.07. The zero-order chi connectivity index (χ0) is 20.6. The molecule has 2 aromatic heterocycles. The van der Waals surface area contributed by atoms with Crippen molar-refractivity contribution < 1.29 is 26.0 Å². The number of rotatable bonds is 4. The van der Waals surface area contributed by atoms with Gasteiger partial charge >= 0.3 is 6.18 Å². The standard InChI is InChI=1S/C18H15F3N4O3S/c19-18(20,21)12-5-3-6-13(11-12)29(26,27)25-10-4-8-15(25)17-24-23-16(28-17)14-7-1-2-9-22-14/h1-3,5-7,9,11,15H,4,8,10H2/t15-/m0/s1. The number of alkyl halides is 3. The molecule has 11 heteroatoms. The first-order chi connectivity index (χ1) is 13.8. The number of benzene rings is 1. The zero-order valence-corrected chi connectivity index (χ0v) is 15.7. The van der Waals surface area contributed by atoms with Crippen molar-refractivity contribution in [1.82, 2.24) is 19.5 Å². The van der Waals surface area contributed by atoms with Crippen LogP contribution in [0.15, 0.2) is 58.0 Å². The summed E-state index contributed by atoms with van der Waals surface area (Å²) in [6.07, 6.45) is -2.15. The predicted octanol–water partition coefficient (Wildman–Crippen LogP) is 3.68. The third-order valence-electron chi connectivity index (χ3n) is 4.58. The molecule has 1 aliphatic rings. The number of pyridine rings is 1. The van der Waals surface area contributed by atoms with Crippen LogP contribution in [0.5, 0.6) is 0 Å². The molecule has 0 radical (unpaired) electrons. The molecule has 0 unspecified atom stereocenters. The van der Waals surface area contributed by atoms with Crippen molar-refractivity contribution in [1.29, 1.82) is 0 Å². The van der Waals surface area contributed by atoms with Crippen molar-refractivity contribution in [2.45, 2.75) is 30.0 Å². The Hall–Kier alpha value is -2.79. The smallest absolute Gasteiger partial charge is 0.416 e. The van der Waals surface area contributed by atoms with Gasteiger partial charge in [-0.2, -0.15) is 17.5 Å². The van der Waals surface area contributed by atoms with Gasteiger partial charge in [0.05, 0.1) is 10.5 Å². The monoisotopic (exact) mass is 424 g/mol. The van der Waals surface area contributed by atoms with Gasteiger partial charge < -0.3 is 4.42 Å². The molecule has 0 bridgehead atoms. The van der Waals surface area contributed by atoms with Crippen LogP contribution in [0.1, 0.15) is 30.3 Å². The first kappa shape index (κ1) is 19.5. The average molecular weight is 424 g/mol. The number of aromatic nitrogens is 3. The minimum atomic E-state index is -4.64. The molecule has 0 saturated carbocycles. The summed E-state index contributed by atoms with van der Waals surface area (Å²) in [7, 11) is -4.18. The number of sulfonamides is 1. The lowest BCUT2D eigenvalue weighted by Gasteiger charge is -2.22. The van der Waals surface area contributed by atoms with Crippen LogP contribution >= 0.6 is 0 Å². The van der Waals surface area contributed by atoms with Gasteiger partial charge in [-0.3, -0.25) is 4.98 Å². The lowest BCUT2D eigenvalue weighted by Crippen LogP contribution is -2.31. The molecule has 1 saturated heterocycles. The highest BCUT2D eigenvalue weighted by molar-refractivity contribution is 7.89. The van der Waals surface area contributed by atoms with Crippen molar-refractivity contribution >= 4 is 10.0 Å². The molecule has 0 amide bonds. The highest BCUT2D eigenvalue weighted by Gasteiger charge is 2.40.